The molecule has 130 valence electrons. The minimum absolute atomic E-state index is 0.0428. The number of rotatable bonds is 5. The van der Waals surface area contributed by atoms with Crippen molar-refractivity contribution in [3.05, 3.63) is 35.7 Å². The topological polar surface area (TPSA) is 71.3 Å². The number of amides is 1. The molecule has 0 saturated heterocycles. The summed E-state index contributed by atoms with van der Waals surface area (Å²) in [6, 6.07) is 5.89. The zero-order chi connectivity index (χ0) is 17.9. The Labute approximate surface area is 136 Å². The Kier molecular flexibility index (Phi) is 5.23. The van der Waals surface area contributed by atoms with Crippen LogP contribution in [0.1, 0.15) is 23.2 Å². The van der Waals surface area contributed by atoms with E-state index in [1.807, 2.05) is 25.9 Å². The lowest BCUT2D eigenvalue weighted by Crippen LogP contribution is -2.39. The Morgan fingerprint density at radius 2 is 1.92 bits per heavy atom. The van der Waals surface area contributed by atoms with Crippen LogP contribution in [0.15, 0.2) is 28.8 Å². The lowest BCUT2D eigenvalue weighted by Gasteiger charge is -2.18. The molecule has 1 N–H and O–H groups in total. The van der Waals surface area contributed by atoms with Crippen LogP contribution in [-0.2, 0) is 6.18 Å². The van der Waals surface area contributed by atoms with Gasteiger partial charge in [0.05, 0.1) is 0 Å². The molecule has 0 saturated carbocycles. The van der Waals surface area contributed by atoms with Gasteiger partial charge in [0.25, 0.3) is 5.91 Å². The van der Waals surface area contributed by atoms with Crippen LogP contribution in [0.2, 0.25) is 0 Å². The molecule has 24 heavy (non-hydrogen) atoms. The summed E-state index contributed by atoms with van der Waals surface area (Å²) in [5.74, 6) is -1.85. The van der Waals surface area contributed by atoms with E-state index < -0.39 is 12.1 Å². The molecule has 1 heterocycles. The maximum Gasteiger partial charge on any atom is 0.471 e. The van der Waals surface area contributed by atoms with Gasteiger partial charge in [-0.3, -0.25) is 4.79 Å². The lowest BCUT2D eigenvalue weighted by molar-refractivity contribution is -0.159. The molecule has 1 unspecified atom stereocenters. The van der Waals surface area contributed by atoms with Crippen LogP contribution in [-0.4, -0.2) is 47.6 Å². The SMILES string of the molecule is CC(CN(C)C)NC(=O)c1ccc(-c2noc(C(F)(F)F)n2)cc1. The zero-order valence-electron chi connectivity index (χ0n) is 13.4. The fourth-order valence-corrected chi connectivity index (χ4v) is 2.13. The van der Waals surface area contributed by atoms with Gasteiger partial charge in [0.1, 0.15) is 0 Å². The normalized spacial score (nSPS) is 13.1. The first-order valence-electron chi connectivity index (χ1n) is 7.13. The van der Waals surface area contributed by atoms with Crippen molar-refractivity contribution in [2.45, 2.75) is 19.1 Å². The van der Waals surface area contributed by atoms with Crippen molar-refractivity contribution in [1.29, 1.82) is 0 Å². The second-order valence-corrected chi connectivity index (χ2v) is 5.63. The molecule has 0 fully saturated rings. The van der Waals surface area contributed by atoms with Gasteiger partial charge < -0.3 is 14.7 Å². The number of benzene rings is 1. The molecule has 6 nitrogen and oxygen atoms in total. The number of carbonyl (C=O) groups is 1. The predicted octanol–water partition coefficient (Wildman–Crippen LogP) is 2.44. The highest BCUT2D eigenvalue weighted by molar-refractivity contribution is 5.94. The van der Waals surface area contributed by atoms with E-state index in [9.17, 15) is 18.0 Å². The fraction of sp³-hybridized carbons (Fsp3) is 0.400. The number of halogens is 3. The van der Waals surface area contributed by atoms with Gasteiger partial charge >= 0.3 is 12.1 Å². The van der Waals surface area contributed by atoms with Gasteiger partial charge in [0.2, 0.25) is 5.82 Å². The van der Waals surface area contributed by atoms with E-state index in [-0.39, 0.29) is 17.8 Å². The second-order valence-electron chi connectivity index (χ2n) is 5.63. The summed E-state index contributed by atoms with van der Waals surface area (Å²) in [7, 11) is 3.80. The average molecular weight is 342 g/mol. The molecule has 0 aliphatic rings. The molecular formula is C15H17F3N4O2. The smallest absolute Gasteiger partial charge is 0.348 e. The third kappa shape index (κ3) is 4.54. The lowest BCUT2D eigenvalue weighted by atomic mass is 10.1. The van der Waals surface area contributed by atoms with Gasteiger partial charge in [0.15, 0.2) is 0 Å². The third-order valence-electron chi connectivity index (χ3n) is 3.09. The van der Waals surface area contributed by atoms with Crippen molar-refractivity contribution in [1.82, 2.24) is 20.4 Å². The molecule has 1 atom stereocenters. The number of aromatic nitrogens is 2. The second kappa shape index (κ2) is 7.00. The highest BCUT2D eigenvalue weighted by Gasteiger charge is 2.38. The van der Waals surface area contributed by atoms with Crippen molar-refractivity contribution in [3.63, 3.8) is 0 Å². The van der Waals surface area contributed by atoms with E-state index in [1.165, 1.54) is 24.3 Å². The summed E-state index contributed by atoms with van der Waals surface area (Å²) in [6.07, 6.45) is -4.69. The first-order valence-corrected chi connectivity index (χ1v) is 7.13. The van der Waals surface area contributed by atoms with Gasteiger partial charge in [-0.15, -0.1) is 0 Å². The number of hydrogen-bond donors (Lipinski definition) is 1. The fourth-order valence-electron chi connectivity index (χ4n) is 2.13. The number of hydrogen-bond acceptors (Lipinski definition) is 5. The van der Waals surface area contributed by atoms with Gasteiger partial charge in [-0.05, 0) is 33.2 Å². The van der Waals surface area contributed by atoms with E-state index in [4.69, 9.17) is 0 Å². The van der Waals surface area contributed by atoms with Crippen LogP contribution < -0.4 is 5.32 Å². The zero-order valence-corrected chi connectivity index (χ0v) is 13.4. The Morgan fingerprint density at radius 3 is 2.42 bits per heavy atom. The van der Waals surface area contributed by atoms with Crippen LogP contribution >= 0.6 is 0 Å². The molecular weight excluding hydrogens is 325 g/mol. The van der Waals surface area contributed by atoms with Crippen LogP contribution in [0.5, 0.6) is 0 Å². The van der Waals surface area contributed by atoms with Gasteiger partial charge in [-0.1, -0.05) is 17.3 Å². The quantitative estimate of drug-likeness (QED) is 0.904. The Balaban J connectivity index is 2.07. The molecule has 1 aromatic heterocycles. The van der Waals surface area contributed by atoms with E-state index in [0.29, 0.717) is 17.7 Å². The molecule has 0 aliphatic carbocycles. The summed E-state index contributed by atoms with van der Waals surface area (Å²) in [5.41, 5.74) is 0.719. The number of carbonyl (C=O) groups excluding carboxylic acids is 1. The first kappa shape index (κ1) is 17.9. The van der Waals surface area contributed by atoms with Crippen molar-refractivity contribution in [2.24, 2.45) is 0 Å². The van der Waals surface area contributed by atoms with Gasteiger partial charge in [0, 0.05) is 23.7 Å². The van der Waals surface area contributed by atoms with Crippen LogP contribution in [0.3, 0.4) is 0 Å². The van der Waals surface area contributed by atoms with Crippen molar-refractivity contribution >= 4 is 5.91 Å². The molecule has 1 aromatic carbocycles. The molecule has 0 aliphatic heterocycles. The van der Waals surface area contributed by atoms with Crippen molar-refractivity contribution < 1.29 is 22.5 Å². The molecule has 2 rings (SSSR count). The summed E-state index contributed by atoms with van der Waals surface area (Å²) < 4.78 is 41.5. The monoisotopic (exact) mass is 342 g/mol. The maximum atomic E-state index is 12.4. The molecule has 0 radical (unpaired) electrons. The van der Waals surface area contributed by atoms with E-state index >= 15 is 0 Å². The first-order chi connectivity index (χ1) is 11.2. The van der Waals surface area contributed by atoms with Crippen LogP contribution in [0, 0.1) is 0 Å². The molecule has 9 heteroatoms. The summed E-state index contributed by atoms with van der Waals surface area (Å²) in [4.78, 5) is 17.3. The molecule has 0 bridgehead atoms. The minimum Gasteiger partial charge on any atom is -0.348 e. The summed E-state index contributed by atoms with van der Waals surface area (Å²) in [6.45, 7) is 2.57. The standard InChI is InChI=1S/C15H17F3N4O2/c1-9(8-22(2)3)19-13(23)11-6-4-10(5-7-11)12-20-14(24-21-12)15(16,17)18/h4-7,9H,8H2,1-3H3,(H,19,23). The van der Waals surface area contributed by atoms with Gasteiger partial charge in [-0.25, -0.2) is 0 Å². The molecule has 2 aromatic rings. The summed E-state index contributed by atoms with van der Waals surface area (Å²) in [5, 5.41) is 6.13. The number of alkyl halides is 3. The molecule has 0 spiro atoms. The average Bonchev–Trinajstić information content (AvgIpc) is 2.96. The van der Waals surface area contributed by atoms with E-state index in [0.717, 1.165) is 0 Å². The predicted molar refractivity (Wildman–Crippen MR) is 80.2 cm³/mol. The largest absolute Gasteiger partial charge is 0.471 e. The molecule has 1 amide bonds. The highest BCUT2D eigenvalue weighted by Crippen LogP contribution is 2.29. The Bertz CT molecular complexity index is 695. The van der Waals surface area contributed by atoms with Gasteiger partial charge in [-0.2, -0.15) is 18.2 Å². The Morgan fingerprint density at radius 1 is 1.29 bits per heavy atom. The summed E-state index contributed by atoms with van der Waals surface area (Å²) >= 11 is 0. The maximum absolute atomic E-state index is 12.4. The van der Waals surface area contributed by atoms with Crippen LogP contribution in [0.4, 0.5) is 13.2 Å². The number of likely N-dealkylation sites (N-methyl/N-ethyl adjacent to an activating group) is 1. The highest BCUT2D eigenvalue weighted by atomic mass is 19.4. The minimum atomic E-state index is -4.69. The Hall–Kier alpha value is -2.42. The van der Waals surface area contributed by atoms with Crippen molar-refractivity contribution in [3.8, 4) is 11.4 Å². The van der Waals surface area contributed by atoms with Crippen molar-refractivity contribution in [2.75, 3.05) is 20.6 Å². The number of nitrogens with zero attached hydrogens (tertiary/aromatic N) is 3. The third-order valence-corrected chi connectivity index (χ3v) is 3.09. The van der Waals surface area contributed by atoms with E-state index in [1.54, 1.807) is 0 Å². The van der Waals surface area contributed by atoms with E-state index in [2.05, 4.69) is 20.0 Å². The van der Waals surface area contributed by atoms with Crippen LogP contribution in [0.25, 0.3) is 11.4 Å². The number of nitrogens with one attached hydrogen (secondary N) is 1.